The molecule has 19 heavy (non-hydrogen) atoms. The lowest BCUT2D eigenvalue weighted by Crippen LogP contribution is -2.38. The Bertz CT molecular complexity index is 441. The molecule has 1 aliphatic rings. The van der Waals surface area contributed by atoms with Crippen molar-refractivity contribution < 1.29 is 4.79 Å². The van der Waals surface area contributed by atoms with Gasteiger partial charge in [-0.1, -0.05) is 43.9 Å². The van der Waals surface area contributed by atoms with Crippen molar-refractivity contribution in [2.24, 2.45) is 5.92 Å². The number of carbonyl (C=O) groups excluding carboxylic acids is 1. The third-order valence-corrected chi connectivity index (χ3v) is 4.28. The molecule has 1 aromatic rings. The molecule has 0 heterocycles. The largest absolute Gasteiger partial charge is 0.398 e. The number of nitrogens with two attached hydrogens (primary N) is 1. The van der Waals surface area contributed by atoms with Crippen LogP contribution in [-0.2, 0) is 0 Å². The smallest absolute Gasteiger partial charge is 0.255 e. The zero-order valence-electron chi connectivity index (χ0n) is 11.3. The van der Waals surface area contributed by atoms with E-state index in [0.717, 1.165) is 18.8 Å². The van der Waals surface area contributed by atoms with E-state index < -0.39 is 0 Å². The zero-order valence-corrected chi connectivity index (χ0v) is 12.0. The summed E-state index contributed by atoms with van der Waals surface area (Å²) in [6.07, 6.45) is 5.75. The molecule has 1 amide bonds. The predicted molar refractivity (Wildman–Crippen MR) is 79.4 cm³/mol. The Hall–Kier alpha value is -1.22. The molecule has 0 bridgehead atoms. The summed E-state index contributed by atoms with van der Waals surface area (Å²) < 4.78 is 0. The summed E-state index contributed by atoms with van der Waals surface area (Å²) in [7, 11) is 0. The van der Waals surface area contributed by atoms with Crippen LogP contribution in [0.5, 0.6) is 0 Å². The van der Waals surface area contributed by atoms with Gasteiger partial charge < -0.3 is 11.1 Å². The van der Waals surface area contributed by atoms with Crippen molar-refractivity contribution in [1.82, 2.24) is 5.32 Å². The third-order valence-electron chi connectivity index (χ3n) is 3.97. The van der Waals surface area contributed by atoms with Crippen molar-refractivity contribution in [2.45, 2.75) is 45.1 Å². The molecule has 104 valence electrons. The molecule has 2 atom stereocenters. The Morgan fingerprint density at radius 1 is 1.47 bits per heavy atom. The van der Waals surface area contributed by atoms with Gasteiger partial charge in [0.1, 0.15) is 0 Å². The number of nitrogen functional groups attached to an aromatic ring is 1. The highest BCUT2D eigenvalue weighted by atomic mass is 35.5. The van der Waals surface area contributed by atoms with Crippen molar-refractivity contribution in [3.8, 4) is 0 Å². The first-order chi connectivity index (χ1) is 9.11. The number of hydrogen-bond acceptors (Lipinski definition) is 2. The van der Waals surface area contributed by atoms with E-state index in [9.17, 15) is 4.79 Å². The topological polar surface area (TPSA) is 55.1 Å². The molecular weight excluding hydrogens is 260 g/mol. The van der Waals surface area contributed by atoms with Crippen molar-refractivity contribution in [1.29, 1.82) is 0 Å². The average Bonchev–Trinajstić information content (AvgIpc) is 2.38. The summed E-state index contributed by atoms with van der Waals surface area (Å²) in [5.41, 5.74) is 6.68. The van der Waals surface area contributed by atoms with Gasteiger partial charge in [0.05, 0.1) is 10.6 Å². The van der Waals surface area contributed by atoms with Crippen LogP contribution in [0.2, 0.25) is 5.02 Å². The van der Waals surface area contributed by atoms with E-state index in [0.29, 0.717) is 16.3 Å². The molecule has 1 saturated carbocycles. The van der Waals surface area contributed by atoms with Crippen LogP contribution in [0.3, 0.4) is 0 Å². The molecule has 0 spiro atoms. The van der Waals surface area contributed by atoms with Gasteiger partial charge in [0.15, 0.2) is 0 Å². The third kappa shape index (κ3) is 3.41. The SMILES string of the molecule is CCC1CCCC(NC(=O)c2c(N)cccc2Cl)C1. The number of benzene rings is 1. The van der Waals surface area contributed by atoms with E-state index >= 15 is 0 Å². The van der Waals surface area contributed by atoms with Gasteiger partial charge in [0.25, 0.3) is 5.91 Å². The van der Waals surface area contributed by atoms with Crippen molar-refractivity contribution in [3.63, 3.8) is 0 Å². The second kappa shape index (κ2) is 6.29. The van der Waals surface area contributed by atoms with Crippen LogP contribution in [0.4, 0.5) is 5.69 Å². The number of nitrogens with one attached hydrogen (secondary N) is 1. The highest BCUT2D eigenvalue weighted by Gasteiger charge is 2.23. The van der Waals surface area contributed by atoms with Gasteiger partial charge in [-0.2, -0.15) is 0 Å². The molecule has 1 aromatic carbocycles. The molecule has 4 heteroatoms. The minimum absolute atomic E-state index is 0.148. The molecule has 0 aromatic heterocycles. The molecule has 3 N–H and O–H groups in total. The van der Waals surface area contributed by atoms with E-state index in [2.05, 4.69) is 12.2 Å². The average molecular weight is 281 g/mol. The van der Waals surface area contributed by atoms with E-state index in [4.69, 9.17) is 17.3 Å². The van der Waals surface area contributed by atoms with Crippen LogP contribution < -0.4 is 11.1 Å². The van der Waals surface area contributed by atoms with Crippen LogP contribution in [0.15, 0.2) is 18.2 Å². The van der Waals surface area contributed by atoms with Gasteiger partial charge in [-0.15, -0.1) is 0 Å². The highest BCUT2D eigenvalue weighted by molar-refractivity contribution is 6.34. The van der Waals surface area contributed by atoms with Gasteiger partial charge in [-0.25, -0.2) is 0 Å². The van der Waals surface area contributed by atoms with E-state index in [1.807, 2.05) is 0 Å². The fourth-order valence-electron chi connectivity index (χ4n) is 2.83. The summed E-state index contributed by atoms with van der Waals surface area (Å²) in [5.74, 6) is 0.576. The molecule has 1 fully saturated rings. The number of hydrogen-bond donors (Lipinski definition) is 2. The fraction of sp³-hybridized carbons (Fsp3) is 0.533. The minimum atomic E-state index is -0.148. The highest BCUT2D eigenvalue weighted by Crippen LogP contribution is 2.28. The van der Waals surface area contributed by atoms with Crippen molar-refractivity contribution >= 4 is 23.2 Å². The lowest BCUT2D eigenvalue weighted by atomic mass is 9.84. The minimum Gasteiger partial charge on any atom is -0.398 e. The number of rotatable bonds is 3. The van der Waals surface area contributed by atoms with Crippen molar-refractivity contribution in [2.75, 3.05) is 5.73 Å². The summed E-state index contributed by atoms with van der Waals surface area (Å²) in [6.45, 7) is 2.21. The van der Waals surface area contributed by atoms with Crippen LogP contribution in [-0.4, -0.2) is 11.9 Å². The molecule has 0 radical (unpaired) electrons. The molecule has 1 aliphatic carbocycles. The van der Waals surface area contributed by atoms with Gasteiger partial charge in [0.2, 0.25) is 0 Å². The van der Waals surface area contributed by atoms with Gasteiger partial charge in [-0.05, 0) is 30.9 Å². The number of amides is 1. The maximum absolute atomic E-state index is 12.3. The number of halogens is 1. The molecule has 0 saturated heterocycles. The lowest BCUT2D eigenvalue weighted by Gasteiger charge is -2.29. The Balaban J connectivity index is 2.05. The Labute approximate surface area is 119 Å². The molecule has 2 rings (SSSR count). The van der Waals surface area contributed by atoms with Gasteiger partial charge in [0, 0.05) is 11.7 Å². The van der Waals surface area contributed by atoms with Crippen LogP contribution in [0.1, 0.15) is 49.4 Å². The van der Waals surface area contributed by atoms with Gasteiger partial charge in [-0.3, -0.25) is 4.79 Å². The fourth-order valence-corrected chi connectivity index (χ4v) is 3.10. The summed E-state index contributed by atoms with van der Waals surface area (Å²) in [4.78, 5) is 12.3. The van der Waals surface area contributed by atoms with Crippen LogP contribution in [0, 0.1) is 5.92 Å². The first kappa shape index (κ1) is 14.2. The predicted octanol–water partition coefficient (Wildman–Crippen LogP) is 3.62. The number of carbonyl (C=O) groups is 1. The summed E-state index contributed by atoms with van der Waals surface area (Å²) in [5, 5.41) is 3.49. The van der Waals surface area contributed by atoms with Crippen LogP contribution >= 0.6 is 11.6 Å². The van der Waals surface area contributed by atoms with E-state index in [1.165, 1.54) is 19.3 Å². The molecular formula is C15H21ClN2O. The Morgan fingerprint density at radius 3 is 2.95 bits per heavy atom. The first-order valence-corrected chi connectivity index (χ1v) is 7.34. The maximum atomic E-state index is 12.3. The molecule has 3 nitrogen and oxygen atoms in total. The molecule has 2 unspecified atom stereocenters. The Morgan fingerprint density at radius 2 is 2.26 bits per heavy atom. The standard InChI is InChI=1S/C15H21ClN2O/c1-2-10-5-3-6-11(9-10)18-15(19)14-12(16)7-4-8-13(14)17/h4,7-8,10-11H,2-3,5-6,9,17H2,1H3,(H,18,19). The molecule has 0 aliphatic heterocycles. The second-order valence-electron chi connectivity index (χ2n) is 5.32. The van der Waals surface area contributed by atoms with E-state index in [1.54, 1.807) is 18.2 Å². The zero-order chi connectivity index (χ0) is 13.8. The van der Waals surface area contributed by atoms with Crippen LogP contribution in [0.25, 0.3) is 0 Å². The van der Waals surface area contributed by atoms with Crippen molar-refractivity contribution in [3.05, 3.63) is 28.8 Å². The summed E-state index contributed by atoms with van der Waals surface area (Å²) in [6, 6.07) is 5.41. The normalized spacial score (nSPS) is 23.1. The Kier molecular flexibility index (Phi) is 4.70. The number of anilines is 1. The van der Waals surface area contributed by atoms with Gasteiger partial charge >= 0.3 is 0 Å². The maximum Gasteiger partial charge on any atom is 0.255 e. The quantitative estimate of drug-likeness (QED) is 0.831. The van der Waals surface area contributed by atoms with E-state index in [-0.39, 0.29) is 11.9 Å². The second-order valence-corrected chi connectivity index (χ2v) is 5.72. The monoisotopic (exact) mass is 280 g/mol. The summed E-state index contributed by atoms with van der Waals surface area (Å²) >= 11 is 6.06. The first-order valence-electron chi connectivity index (χ1n) is 6.96. The lowest BCUT2D eigenvalue weighted by molar-refractivity contribution is 0.0920.